The van der Waals surface area contributed by atoms with Gasteiger partial charge in [-0.05, 0) is 18.8 Å². The number of aromatic nitrogens is 4. The zero-order chi connectivity index (χ0) is 14.8. The number of amides is 1. The van der Waals surface area contributed by atoms with Crippen LogP contribution in [0.2, 0.25) is 0 Å². The van der Waals surface area contributed by atoms with Crippen LogP contribution in [0.4, 0.5) is 16.6 Å². The van der Waals surface area contributed by atoms with E-state index in [1.54, 1.807) is 6.33 Å². The van der Waals surface area contributed by atoms with Crippen molar-refractivity contribution in [1.82, 2.24) is 24.8 Å². The summed E-state index contributed by atoms with van der Waals surface area (Å²) in [5.41, 5.74) is 6.92. The van der Waals surface area contributed by atoms with Gasteiger partial charge in [-0.15, -0.1) is 0 Å². The molecule has 1 amide bonds. The van der Waals surface area contributed by atoms with E-state index < -0.39 is 6.09 Å². The molecule has 0 aliphatic carbocycles. The highest BCUT2D eigenvalue weighted by Gasteiger charge is 2.22. The van der Waals surface area contributed by atoms with Crippen LogP contribution in [0, 0.1) is 5.92 Å². The standard InChI is InChI=1S/C12H17N7O2/c13-11-17-9(8-10(18-11)16-6-15-8)14-5-7-1-3-19(4-2-7)12(20)21/h6-7H,1-5H2,(H,20,21)(H4,13,14,15,16,17,18). The summed E-state index contributed by atoms with van der Waals surface area (Å²) in [5, 5.41) is 12.2. The minimum Gasteiger partial charge on any atom is -0.465 e. The van der Waals surface area contributed by atoms with E-state index in [1.165, 1.54) is 4.90 Å². The number of carbonyl (C=O) groups is 1. The van der Waals surface area contributed by atoms with Gasteiger partial charge in [0, 0.05) is 19.6 Å². The maximum Gasteiger partial charge on any atom is 0.407 e. The van der Waals surface area contributed by atoms with Gasteiger partial charge in [-0.2, -0.15) is 9.97 Å². The summed E-state index contributed by atoms with van der Waals surface area (Å²) in [5.74, 6) is 1.23. The maximum atomic E-state index is 10.9. The van der Waals surface area contributed by atoms with Gasteiger partial charge in [0.05, 0.1) is 6.33 Å². The van der Waals surface area contributed by atoms with Crippen molar-refractivity contribution in [3.63, 3.8) is 0 Å². The smallest absolute Gasteiger partial charge is 0.407 e. The fourth-order valence-electron chi connectivity index (χ4n) is 2.55. The van der Waals surface area contributed by atoms with Crippen molar-refractivity contribution in [1.29, 1.82) is 0 Å². The molecule has 0 bridgehead atoms. The summed E-state index contributed by atoms with van der Waals surface area (Å²) in [6, 6.07) is 0. The minimum absolute atomic E-state index is 0.179. The molecular weight excluding hydrogens is 274 g/mol. The molecule has 0 atom stereocenters. The Morgan fingerprint density at radius 1 is 1.48 bits per heavy atom. The zero-order valence-corrected chi connectivity index (χ0v) is 11.4. The predicted octanol–water partition coefficient (Wildman–Crippen LogP) is 0.737. The van der Waals surface area contributed by atoms with Gasteiger partial charge < -0.3 is 26.0 Å². The molecule has 0 aromatic carbocycles. The van der Waals surface area contributed by atoms with Crippen molar-refractivity contribution in [2.75, 3.05) is 30.7 Å². The Balaban J connectivity index is 1.62. The van der Waals surface area contributed by atoms with Crippen LogP contribution in [0.15, 0.2) is 6.33 Å². The van der Waals surface area contributed by atoms with E-state index in [-0.39, 0.29) is 5.95 Å². The first kappa shape index (κ1) is 13.4. The number of nitrogens with one attached hydrogen (secondary N) is 2. The summed E-state index contributed by atoms with van der Waals surface area (Å²) in [4.78, 5) is 27.6. The second-order valence-electron chi connectivity index (χ2n) is 5.13. The third-order valence-corrected chi connectivity index (χ3v) is 3.75. The van der Waals surface area contributed by atoms with Crippen molar-refractivity contribution in [3.8, 4) is 0 Å². The van der Waals surface area contributed by atoms with E-state index in [4.69, 9.17) is 10.8 Å². The number of fused-ring (bicyclic) bond motifs is 1. The zero-order valence-electron chi connectivity index (χ0n) is 11.4. The Morgan fingerprint density at radius 3 is 2.95 bits per heavy atom. The lowest BCUT2D eigenvalue weighted by molar-refractivity contribution is 0.126. The Morgan fingerprint density at radius 2 is 2.24 bits per heavy atom. The highest BCUT2D eigenvalue weighted by molar-refractivity contribution is 5.83. The van der Waals surface area contributed by atoms with Crippen molar-refractivity contribution < 1.29 is 9.90 Å². The topological polar surface area (TPSA) is 133 Å². The molecule has 1 aliphatic rings. The van der Waals surface area contributed by atoms with Gasteiger partial charge in [-0.3, -0.25) is 0 Å². The molecule has 2 aromatic rings. The number of hydrogen-bond acceptors (Lipinski definition) is 6. The van der Waals surface area contributed by atoms with Crippen LogP contribution in [0.5, 0.6) is 0 Å². The van der Waals surface area contributed by atoms with Crippen LogP contribution in [0.3, 0.4) is 0 Å². The SMILES string of the molecule is Nc1nc(NCC2CCN(C(=O)O)CC2)c2[nH]cnc2n1. The van der Waals surface area contributed by atoms with Crippen LogP contribution < -0.4 is 11.1 Å². The normalized spacial score (nSPS) is 16.3. The van der Waals surface area contributed by atoms with Crippen molar-refractivity contribution in [2.45, 2.75) is 12.8 Å². The van der Waals surface area contributed by atoms with Gasteiger partial charge in [-0.1, -0.05) is 0 Å². The molecule has 5 N–H and O–H groups in total. The average Bonchev–Trinajstić information content (AvgIpc) is 2.93. The first-order chi connectivity index (χ1) is 10.1. The maximum absolute atomic E-state index is 10.9. The highest BCUT2D eigenvalue weighted by atomic mass is 16.4. The molecule has 0 saturated carbocycles. The number of anilines is 2. The van der Waals surface area contributed by atoms with Crippen LogP contribution in [0.25, 0.3) is 11.2 Å². The van der Waals surface area contributed by atoms with Gasteiger partial charge in [0.2, 0.25) is 5.95 Å². The summed E-state index contributed by atoms with van der Waals surface area (Å²) >= 11 is 0. The lowest BCUT2D eigenvalue weighted by atomic mass is 9.97. The van der Waals surface area contributed by atoms with Gasteiger partial charge in [0.1, 0.15) is 5.52 Å². The number of nitrogen functional groups attached to an aromatic ring is 1. The third-order valence-electron chi connectivity index (χ3n) is 3.75. The van der Waals surface area contributed by atoms with E-state index in [0.29, 0.717) is 30.5 Å². The largest absolute Gasteiger partial charge is 0.465 e. The molecule has 1 fully saturated rings. The fraction of sp³-hybridized carbons (Fsp3) is 0.500. The number of nitrogens with zero attached hydrogens (tertiary/aromatic N) is 4. The molecule has 3 rings (SSSR count). The molecule has 1 aliphatic heterocycles. The quantitative estimate of drug-likeness (QED) is 0.655. The first-order valence-electron chi connectivity index (χ1n) is 6.82. The minimum atomic E-state index is -0.843. The molecule has 9 nitrogen and oxygen atoms in total. The molecule has 21 heavy (non-hydrogen) atoms. The van der Waals surface area contributed by atoms with Crippen molar-refractivity contribution >= 4 is 29.0 Å². The van der Waals surface area contributed by atoms with Crippen molar-refractivity contribution in [3.05, 3.63) is 6.33 Å². The molecule has 3 heterocycles. The number of rotatable bonds is 3. The van der Waals surface area contributed by atoms with E-state index in [0.717, 1.165) is 24.9 Å². The number of hydrogen-bond donors (Lipinski definition) is 4. The number of likely N-dealkylation sites (tertiary alicyclic amines) is 1. The molecule has 0 spiro atoms. The number of aromatic amines is 1. The van der Waals surface area contributed by atoms with Gasteiger partial charge >= 0.3 is 6.09 Å². The Bertz CT molecular complexity index is 648. The summed E-state index contributed by atoms with van der Waals surface area (Å²) < 4.78 is 0. The molecule has 112 valence electrons. The summed E-state index contributed by atoms with van der Waals surface area (Å²) in [7, 11) is 0. The number of imidazole rings is 1. The van der Waals surface area contributed by atoms with Gasteiger partial charge in [0.25, 0.3) is 0 Å². The third kappa shape index (κ3) is 2.81. The number of H-pyrrole nitrogens is 1. The molecule has 2 aromatic heterocycles. The van der Waals surface area contributed by atoms with E-state index >= 15 is 0 Å². The van der Waals surface area contributed by atoms with E-state index in [2.05, 4.69) is 25.3 Å². The first-order valence-corrected chi connectivity index (χ1v) is 6.82. The molecule has 0 unspecified atom stereocenters. The Kier molecular flexibility index (Phi) is 3.46. The molecule has 0 radical (unpaired) electrons. The Labute approximate surface area is 120 Å². The summed E-state index contributed by atoms with van der Waals surface area (Å²) in [6.45, 7) is 1.87. The van der Waals surface area contributed by atoms with E-state index in [1.807, 2.05) is 0 Å². The summed E-state index contributed by atoms with van der Waals surface area (Å²) in [6.07, 6.45) is 2.39. The van der Waals surface area contributed by atoms with Crippen LogP contribution in [-0.4, -0.2) is 55.7 Å². The lowest BCUT2D eigenvalue weighted by Crippen LogP contribution is -2.39. The monoisotopic (exact) mass is 291 g/mol. The van der Waals surface area contributed by atoms with E-state index in [9.17, 15) is 4.79 Å². The molecular formula is C12H17N7O2. The predicted molar refractivity (Wildman–Crippen MR) is 76.9 cm³/mol. The molecule has 9 heteroatoms. The molecule has 1 saturated heterocycles. The van der Waals surface area contributed by atoms with Gasteiger partial charge in [-0.25, -0.2) is 9.78 Å². The second kappa shape index (κ2) is 5.43. The van der Waals surface area contributed by atoms with Crippen LogP contribution in [0.1, 0.15) is 12.8 Å². The van der Waals surface area contributed by atoms with Gasteiger partial charge in [0.15, 0.2) is 11.5 Å². The van der Waals surface area contributed by atoms with Crippen LogP contribution >= 0.6 is 0 Å². The van der Waals surface area contributed by atoms with Crippen LogP contribution in [-0.2, 0) is 0 Å². The average molecular weight is 291 g/mol. The second-order valence-corrected chi connectivity index (χ2v) is 5.13. The van der Waals surface area contributed by atoms with Crippen molar-refractivity contribution in [2.24, 2.45) is 5.92 Å². The number of piperidine rings is 1. The lowest BCUT2D eigenvalue weighted by Gasteiger charge is -2.30. The Hall–Kier alpha value is -2.58. The number of carboxylic acid groups (broad SMARTS) is 1. The fourth-order valence-corrected chi connectivity index (χ4v) is 2.55. The number of nitrogens with two attached hydrogens (primary N) is 1. The highest BCUT2D eigenvalue weighted by Crippen LogP contribution is 2.21.